The Balaban J connectivity index is 2.82. The van der Waals surface area contributed by atoms with Crippen LogP contribution in [0.3, 0.4) is 0 Å². The van der Waals surface area contributed by atoms with Crippen LogP contribution in [0.5, 0.6) is 5.75 Å². The summed E-state index contributed by atoms with van der Waals surface area (Å²) in [6, 6.07) is 3.04. The van der Waals surface area contributed by atoms with Crippen LogP contribution in [0.4, 0.5) is 14.5 Å². The molecule has 2 aromatic rings. The SMILES string of the molecule is COC(=O)c1c(N)c(C#N)cn1-c1c(F)cc(O)cc1F. The molecule has 0 aliphatic heterocycles. The minimum atomic E-state index is -1.13. The third kappa shape index (κ3) is 2.25. The van der Waals surface area contributed by atoms with Gasteiger partial charge >= 0.3 is 5.97 Å². The molecular formula is C13H9F2N3O3. The molecular weight excluding hydrogens is 284 g/mol. The molecule has 0 saturated heterocycles. The van der Waals surface area contributed by atoms with Crippen molar-refractivity contribution < 1.29 is 23.4 Å². The second-order valence-electron chi connectivity index (χ2n) is 4.04. The maximum Gasteiger partial charge on any atom is 0.357 e. The van der Waals surface area contributed by atoms with E-state index in [-0.39, 0.29) is 16.9 Å². The molecule has 0 radical (unpaired) electrons. The molecule has 0 aliphatic carbocycles. The van der Waals surface area contributed by atoms with Gasteiger partial charge in [-0.3, -0.25) is 0 Å². The van der Waals surface area contributed by atoms with Crippen LogP contribution in [0.1, 0.15) is 16.1 Å². The number of hydrogen-bond donors (Lipinski definition) is 2. The van der Waals surface area contributed by atoms with Gasteiger partial charge in [-0.15, -0.1) is 0 Å². The lowest BCUT2D eigenvalue weighted by atomic mass is 10.2. The summed E-state index contributed by atoms with van der Waals surface area (Å²) in [5.74, 6) is -3.83. The van der Waals surface area contributed by atoms with Gasteiger partial charge in [0.2, 0.25) is 0 Å². The van der Waals surface area contributed by atoms with E-state index in [0.717, 1.165) is 17.9 Å². The number of rotatable bonds is 2. The summed E-state index contributed by atoms with van der Waals surface area (Å²) in [5.41, 5.74) is 4.20. The molecule has 21 heavy (non-hydrogen) atoms. The molecule has 0 unspecified atom stereocenters. The lowest BCUT2D eigenvalue weighted by molar-refractivity contribution is 0.0593. The van der Waals surface area contributed by atoms with Gasteiger partial charge in [-0.1, -0.05) is 0 Å². The molecule has 8 heteroatoms. The van der Waals surface area contributed by atoms with Crippen LogP contribution < -0.4 is 5.73 Å². The molecule has 6 nitrogen and oxygen atoms in total. The number of hydrogen-bond acceptors (Lipinski definition) is 5. The molecule has 2 rings (SSSR count). The highest BCUT2D eigenvalue weighted by Gasteiger charge is 2.25. The Hall–Kier alpha value is -3.08. The predicted molar refractivity (Wildman–Crippen MR) is 67.8 cm³/mol. The van der Waals surface area contributed by atoms with Crippen molar-refractivity contribution in [2.75, 3.05) is 12.8 Å². The van der Waals surface area contributed by atoms with Crippen molar-refractivity contribution in [1.29, 1.82) is 5.26 Å². The molecule has 1 heterocycles. The van der Waals surface area contributed by atoms with Gasteiger partial charge in [0, 0.05) is 18.3 Å². The number of nitrogen functional groups attached to an aromatic ring is 1. The Kier molecular flexibility index (Phi) is 3.50. The topological polar surface area (TPSA) is 101 Å². The van der Waals surface area contributed by atoms with Crippen LogP contribution in [0.2, 0.25) is 0 Å². The fourth-order valence-corrected chi connectivity index (χ4v) is 1.87. The van der Waals surface area contributed by atoms with Gasteiger partial charge in [-0.2, -0.15) is 5.26 Å². The van der Waals surface area contributed by atoms with Crippen molar-refractivity contribution in [2.45, 2.75) is 0 Å². The Bertz CT molecular complexity index is 755. The number of carbonyl (C=O) groups is 1. The number of phenols is 1. The highest BCUT2D eigenvalue weighted by atomic mass is 19.1. The number of ether oxygens (including phenoxy) is 1. The molecule has 0 aliphatic rings. The van der Waals surface area contributed by atoms with Crippen LogP contribution in [-0.2, 0) is 4.74 Å². The summed E-state index contributed by atoms with van der Waals surface area (Å²) in [6.45, 7) is 0. The normalized spacial score (nSPS) is 10.2. The number of nitrogens with two attached hydrogens (primary N) is 1. The number of benzene rings is 1. The van der Waals surface area contributed by atoms with E-state index in [4.69, 9.17) is 16.1 Å². The number of carbonyl (C=O) groups excluding carboxylic acids is 1. The van der Waals surface area contributed by atoms with Crippen LogP contribution >= 0.6 is 0 Å². The van der Waals surface area contributed by atoms with Crippen molar-refractivity contribution in [2.24, 2.45) is 0 Å². The van der Waals surface area contributed by atoms with E-state index in [1.165, 1.54) is 0 Å². The summed E-state index contributed by atoms with van der Waals surface area (Å²) in [5, 5.41) is 18.1. The van der Waals surface area contributed by atoms with Crippen molar-refractivity contribution in [3.8, 4) is 17.5 Å². The van der Waals surface area contributed by atoms with Crippen molar-refractivity contribution in [3.05, 3.63) is 41.2 Å². The van der Waals surface area contributed by atoms with E-state index in [9.17, 15) is 13.6 Å². The van der Waals surface area contributed by atoms with Gasteiger partial charge in [-0.05, 0) is 0 Å². The van der Waals surface area contributed by atoms with Gasteiger partial charge in [-0.25, -0.2) is 13.6 Å². The Morgan fingerprint density at radius 1 is 1.43 bits per heavy atom. The van der Waals surface area contributed by atoms with Crippen molar-refractivity contribution in [3.63, 3.8) is 0 Å². The number of anilines is 1. The zero-order chi connectivity index (χ0) is 15.7. The standard InChI is InChI=1S/C13H9F2N3O3/c1-21-13(20)12-10(17)6(4-16)5-18(12)11-8(14)2-7(19)3-9(11)15/h2-3,5,19H,17H2,1H3. The molecule has 0 amide bonds. The second kappa shape index (κ2) is 5.13. The molecule has 0 saturated carbocycles. The van der Waals surface area contributed by atoms with Crippen LogP contribution in [0.15, 0.2) is 18.3 Å². The van der Waals surface area contributed by atoms with Crippen LogP contribution in [0, 0.1) is 23.0 Å². The second-order valence-corrected chi connectivity index (χ2v) is 4.04. The van der Waals surface area contributed by atoms with Crippen molar-refractivity contribution in [1.82, 2.24) is 4.57 Å². The number of nitriles is 1. The zero-order valence-electron chi connectivity index (χ0n) is 10.7. The molecule has 0 atom stereocenters. The number of methoxy groups -OCH3 is 1. The highest BCUT2D eigenvalue weighted by molar-refractivity contribution is 5.96. The number of halogens is 2. The minimum absolute atomic E-state index is 0.137. The maximum absolute atomic E-state index is 13.9. The van der Waals surface area contributed by atoms with E-state index in [1.54, 1.807) is 6.07 Å². The van der Waals surface area contributed by atoms with Crippen LogP contribution in [-0.4, -0.2) is 22.8 Å². The molecule has 0 fully saturated rings. The first-order valence-electron chi connectivity index (χ1n) is 5.58. The molecule has 1 aromatic heterocycles. The monoisotopic (exact) mass is 293 g/mol. The molecule has 3 N–H and O–H groups in total. The largest absolute Gasteiger partial charge is 0.508 e. The Morgan fingerprint density at radius 2 is 2.00 bits per heavy atom. The lowest BCUT2D eigenvalue weighted by Crippen LogP contribution is -2.13. The number of aromatic nitrogens is 1. The highest BCUT2D eigenvalue weighted by Crippen LogP contribution is 2.29. The van der Waals surface area contributed by atoms with Gasteiger partial charge in [0.25, 0.3) is 0 Å². The first-order valence-corrected chi connectivity index (χ1v) is 5.58. The van der Waals surface area contributed by atoms with Crippen molar-refractivity contribution >= 4 is 11.7 Å². The van der Waals surface area contributed by atoms with E-state index in [0.29, 0.717) is 12.1 Å². The number of phenolic OH excluding ortho intramolecular Hbond substituents is 1. The van der Waals surface area contributed by atoms with E-state index >= 15 is 0 Å². The summed E-state index contributed by atoms with van der Waals surface area (Å²) >= 11 is 0. The first-order chi connectivity index (χ1) is 9.90. The number of aromatic hydroxyl groups is 1. The van der Waals surface area contributed by atoms with Gasteiger partial charge in [0.15, 0.2) is 17.3 Å². The minimum Gasteiger partial charge on any atom is -0.508 e. The first kappa shape index (κ1) is 14.3. The van der Waals surface area contributed by atoms with E-state index in [1.807, 2.05) is 0 Å². The lowest BCUT2D eigenvalue weighted by Gasteiger charge is -2.10. The summed E-state index contributed by atoms with van der Waals surface area (Å²) in [7, 11) is 1.06. The Morgan fingerprint density at radius 3 is 2.48 bits per heavy atom. The third-order valence-electron chi connectivity index (χ3n) is 2.79. The quantitative estimate of drug-likeness (QED) is 0.821. The van der Waals surface area contributed by atoms with E-state index < -0.39 is 29.0 Å². The van der Waals surface area contributed by atoms with Gasteiger partial charge in [0.05, 0.1) is 18.4 Å². The van der Waals surface area contributed by atoms with Gasteiger partial charge < -0.3 is 20.1 Å². The zero-order valence-corrected chi connectivity index (χ0v) is 10.7. The molecule has 1 aromatic carbocycles. The molecule has 108 valence electrons. The fraction of sp³-hybridized carbons (Fsp3) is 0.0769. The molecule has 0 bridgehead atoms. The smallest absolute Gasteiger partial charge is 0.357 e. The predicted octanol–water partition coefficient (Wildman–Crippen LogP) is 1.70. The average Bonchev–Trinajstić information content (AvgIpc) is 2.73. The summed E-state index contributed by atoms with van der Waals surface area (Å²) in [6.07, 6.45) is 1.01. The van der Waals surface area contributed by atoms with Gasteiger partial charge in [0.1, 0.15) is 17.5 Å². The third-order valence-corrected chi connectivity index (χ3v) is 2.79. The van der Waals surface area contributed by atoms with Crippen LogP contribution in [0.25, 0.3) is 5.69 Å². The summed E-state index contributed by atoms with van der Waals surface area (Å²) < 4.78 is 33.1. The van der Waals surface area contributed by atoms with E-state index in [2.05, 4.69) is 4.74 Å². The fourth-order valence-electron chi connectivity index (χ4n) is 1.87. The number of esters is 1. The maximum atomic E-state index is 13.9. The molecule has 0 spiro atoms. The Labute approximate surface area is 117 Å². The number of nitrogens with zero attached hydrogens (tertiary/aromatic N) is 2. The average molecular weight is 293 g/mol. The summed E-state index contributed by atoms with van der Waals surface area (Å²) in [4.78, 5) is 11.7.